The van der Waals surface area contributed by atoms with Gasteiger partial charge in [0, 0.05) is 19.6 Å². The Hall–Kier alpha value is -3.34. The third kappa shape index (κ3) is 3.56. The number of hydrogen-bond acceptors (Lipinski definition) is 4. The zero-order chi connectivity index (χ0) is 19.6. The second-order valence-corrected chi connectivity index (χ2v) is 7.61. The summed E-state index contributed by atoms with van der Waals surface area (Å²) in [7, 11) is 0. The third-order valence-electron chi connectivity index (χ3n) is 5.68. The number of carbonyl (C=O) groups is 1. The molecule has 3 aromatic carbocycles. The van der Waals surface area contributed by atoms with E-state index in [-0.39, 0.29) is 11.8 Å². The predicted molar refractivity (Wildman–Crippen MR) is 115 cm³/mol. The number of oxazole rings is 1. The van der Waals surface area contributed by atoms with Gasteiger partial charge in [0.2, 0.25) is 5.91 Å². The number of aromatic nitrogens is 1. The maximum Gasteiger partial charge on any atom is 0.298 e. The van der Waals surface area contributed by atoms with E-state index in [0.717, 1.165) is 36.0 Å². The lowest BCUT2D eigenvalue weighted by atomic mass is 9.97. The number of fused-ring (bicyclic) bond motifs is 2. The molecule has 1 amide bonds. The molecule has 29 heavy (non-hydrogen) atoms. The lowest BCUT2D eigenvalue weighted by Gasteiger charge is -2.30. The van der Waals surface area contributed by atoms with Crippen LogP contribution < -0.4 is 10.2 Å². The number of anilines is 1. The molecule has 0 saturated carbocycles. The average molecular weight is 385 g/mol. The summed E-state index contributed by atoms with van der Waals surface area (Å²) in [5, 5.41) is 5.52. The Kier molecular flexibility index (Phi) is 4.64. The van der Waals surface area contributed by atoms with Crippen LogP contribution in [0.1, 0.15) is 18.4 Å². The lowest BCUT2D eigenvalue weighted by molar-refractivity contribution is -0.125. The second kappa shape index (κ2) is 7.59. The minimum atomic E-state index is -0.0614. The van der Waals surface area contributed by atoms with Crippen molar-refractivity contribution in [3.05, 3.63) is 72.3 Å². The van der Waals surface area contributed by atoms with Gasteiger partial charge in [-0.05, 0) is 41.3 Å². The smallest absolute Gasteiger partial charge is 0.298 e. The van der Waals surface area contributed by atoms with Crippen molar-refractivity contribution in [2.24, 2.45) is 5.92 Å². The van der Waals surface area contributed by atoms with Crippen LogP contribution in [0.25, 0.3) is 21.9 Å². The fourth-order valence-corrected chi connectivity index (χ4v) is 4.13. The number of para-hydroxylation sites is 2. The number of carbonyl (C=O) groups excluding carboxylic acids is 1. The van der Waals surface area contributed by atoms with Crippen LogP contribution in [0.15, 0.2) is 71.1 Å². The molecule has 1 atom stereocenters. The van der Waals surface area contributed by atoms with E-state index in [1.165, 1.54) is 10.8 Å². The van der Waals surface area contributed by atoms with Gasteiger partial charge in [-0.25, -0.2) is 0 Å². The predicted octanol–water partition coefficient (Wildman–Crippen LogP) is 4.51. The Morgan fingerprint density at radius 1 is 1.07 bits per heavy atom. The van der Waals surface area contributed by atoms with E-state index in [4.69, 9.17) is 4.42 Å². The molecule has 0 radical (unpaired) electrons. The number of rotatable bonds is 4. The van der Waals surface area contributed by atoms with Gasteiger partial charge in [-0.2, -0.15) is 4.98 Å². The number of benzene rings is 3. The zero-order valence-electron chi connectivity index (χ0n) is 16.2. The molecule has 0 spiro atoms. The molecule has 0 bridgehead atoms. The van der Waals surface area contributed by atoms with Crippen LogP contribution >= 0.6 is 0 Å². The quantitative estimate of drug-likeness (QED) is 0.561. The number of nitrogens with one attached hydrogen (secondary N) is 1. The summed E-state index contributed by atoms with van der Waals surface area (Å²) in [5.41, 5.74) is 2.78. The topological polar surface area (TPSA) is 58.4 Å². The monoisotopic (exact) mass is 385 g/mol. The molecule has 1 aromatic heterocycles. The first kappa shape index (κ1) is 17.7. The fraction of sp³-hybridized carbons (Fsp3) is 0.250. The van der Waals surface area contributed by atoms with E-state index in [1.807, 2.05) is 42.5 Å². The number of amides is 1. The molecule has 1 aliphatic rings. The Bertz CT molecular complexity index is 1130. The summed E-state index contributed by atoms with van der Waals surface area (Å²) in [4.78, 5) is 19.5. The van der Waals surface area contributed by atoms with E-state index >= 15 is 0 Å². The van der Waals surface area contributed by atoms with Crippen molar-refractivity contribution in [3.8, 4) is 0 Å². The lowest BCUT2D eigenvalue weighted by Crippen LogP contribution is -2.43. The summed E-state index contributed by atoms with van der Waals surface area (Å²) in [5.74, 6) is 0.0347. The van der Waals surface area contributed by atoms with E-state index < -0.39 is 0 Å². The van der Waals surface area contributed by atoms with E-state index in [9.17, 15) is 4.79 Å². The summed E-state index contributed by atoms with van der Waals surface area (Å²) in [6, 6.07) is 22.9. The van der Waals surface area contributed by atoms with Gasteiger partial charge in [-0.1, -0.05) is 54.6 Å². The molecular weight excluding hydrogens is 362 g/mol. The highest BCUT2D eigenvalue weighted by atomic mass is 16.4. The molecule has 4 aromatic rings. The van der Waals surface area contributed by atoms with E-state index in [1.54, 1.807) is 0 Å². The number of piperidine rings is 1. The fourth-order valence-electron chi connectivity index (χ4n) is 4.13. The summed E-state index contributed by atoms with van der Waals surface area (Å²) in [6.45, 7) is 2.04. The summed E-state index contributed by atoms with van der Waals surface area (Å²) < 4.78 is 5.90. The average Bonchev–Trinajstić information content (AvgIpc) is 3.22. The van der Waals surface area contributed by atoms with Crippen molar-refractivity contribution in [2.75, 3.05) is 18.0 Å². The van der Waals surface area contributed by atoms with Gasteiger partial charge >= 0.3 is 0 Å². The van der Waals surface area contributed by atoms with Gasteiger partial charge < -0.3 is 14.6 Å². The maximum atomic E-state index is 12.9. The minimum Gasteiger partial charge on any atom is -0.423 e. The highest BCUT2D eigenvalue weighted by Crippen LogP contribution is 2.26. The summed E-state index contributed by atoms with van der Waals surface area (Å²) >= 11 is 0. The molecule has 5 nitrogen and oxygen atoms in total. The van der Waals surface area contributed by atoms with Crippen molar-refractivity contribution in [2.45, 2.75) is 19.4 Å². The maximum absolute atomic E-state index is 12.9. The number of hydrogen-bond donors (Lipinski definition) is 1. The van der Waals surface area contributed by atoms with Crippen LogP contribution in [0.2, 0.25) is 0 Å². The van der Waals surface area contributed by atoms with Crippen molar-refractivity contribution < 1.29 is 9.21 Å². The van der Waals surface area contributed by atoms with Crippen molar-refractivity contribution in [1.82, 2.24) is 10.3 Å². The molecule has 1 saturated heterocycles. The Morgan fingerprint density at radius 3 is 2.83 bits per heavy atom. The largest absolute Gasteiger partial charge is 0.423 e. The zero-order valence-corrected chi connectivity index (χ0v) is 16.2. The van der Waals surface area contributed by atoms with Crippen molar-refractivity contribution in [1.29, 1.82) is 0 Å². The molecule has 5 rings (SSSR count). The molecule has 1 unspecified atom stereocenters. The van der Waals surface area contributed by atoms with Gasteiger partial charge in [0.1, 0.15) is 5.52 Å². The van der Waals surface area contributed by atoms with Crippen LogP contribution in [-0.2, 0) is 11.3 Å². The van der Waals surface area contributed by atoms with Crippen molar-refractivity contribution in [3.63, 3.8) is 0 Å². The first-order valence-corrected chi connectivity index (χ1v) is 10.1. The van der Waals surface area contributed by atoms with Gasteiger partial charge in [0.25, 0.3) is 6.01 Å². The van der Waals surface area contributed by atoms with Crippen LogP contribution in [0, 0.1) is 5.92 Å². The normalized spacial score (nSPS) is 17.0. The molecule has 1 N–H and O–H groups in total. The van der Waals surface area contributed by atoms with Crippen LogP contribution in [-0.4, -0.2) is 24.0 Å². The Labute approximate surface area is 169 Å². The van der Waals surface area contributed by atoms with Crippen LogP contribution in [0.4, 0.5) is 6.01 Å². The standard InChI is InChI=1S/C24H23N3O2/c28-23(25-15-18-9-5-8-17-7-1-2-11-20(17)18)19-10-6-14-27(16-19)24-26-21-12-3-4-13-22(21)29-24/h1-5,7-9,11-13,19H,6,10,14-16H2,(H,25,28). The van der Waals surface area contributed by atoms with Gasteiger partial charge in [-0.3, -0.25) is 4.79 Å². The van der Waals surface area contributed by atoms with Crippen LogP contribution in [0.3, 0.4) is 0 Å². The Morgan fingerprint density at radius 2 is 1.90 bits per heavy atom. The van der Waals surface area contributed by atoms with Crippen LogP contribution in [0.5, 0.6) is 0 Å². The number of nitrogens with zero attached hydrogens (tertiary/aromatic N) is 2. The van der Waals surface area contributed by atoms with E-state index in [2.05, 4.69) is 39.5 Å². The summed E-state index contributed by atoms with van der Waals surface area (Å²) in [6.07, 6.45) is 1.84. The molecule has 0 aliphatic carbocycles. The molecule has 2 heterocycles. The van der Waals surface area contributed by atoms with Crippen molar-refractivity contribution >= 4 is 33.8 Å². The highest BCUT2D eigenvalue weighted by Gasteiger charge is 2.28. The highest BCUT2D eigenvalue weighted by molar-refractivity contribution is 5.86. The van der Waals surface area contributed by atoms with Gasteiger partial charge in [0.05, 0.1) is 5.92 Å². The molecule has 5 heteroatoms. The van der Waals surface area contributed by atoms with Gasteiger partial charge in [0.15, 0.2) is 5.58 Å². The Balaban J connectivity index is 1.27. The molecule has 1 fully saturated rings. The SMILES string of the molecule is O=C(NCc1cccc2ccccc12)C1CCCN(c2nc3ccccc3o2)C1. The molecular formula is C24H23N3O2. The first-order chi connectivity index (χ1) is 14.3. The molecule has 146 valence electrons. The second-order valence-electron chi connectivity index (χ2n) is 7.61. The first-order valence-electron chi connectivity index (χ1n) is 10.1. The minimum absolute atomic E-state index is 0.0614. The molecule has 1 aliphatic heterocycles. The van der Waals surface area contributed by atoms with E-state index in [0.29, 0.717) is 19.1 Å². The van der Waals surface area contributed by atoms with Gasteiger partial charge in [-0.15, -0.1) is 0 Å². The third-order valence-corrected chi connectivity index (χ3v) is 5.68.